The molecule has 0 saturated heterocycles. The van der Waals surface area contributed by atoms with Gasteiger partial charge in [-0.15, -0.1) is 0 Å². The first-order valence-corrected chi connectivity index (χ1v) is 9.64. The van der Waals surface area contributed by atoms with Crippen molar-refractivity contribution >= 4 is 28.9 Å². The molecule has 9 heteroatoms. The molecule has 3 atom stereocenters. The van der Waals surface area contributed by atoms with E-state index >= 15 is 0 Å². The molecule has 158 valence electrons. The predicted molar refractivity (Wildman–Crippen MR) is 105 cm³/mol. The number of hydrogen-bond acceptors (Lipinski definition) is 8. The number of hydrogen-bond donors (Lipinski definition) is 6. The zero-order valence-electron chi connectivity index (χ0n) is 16.2. The molecular weight excluding hydrogens is 392 g/mol. The quantitative estimate of drug-likeness (QED) is 0.230. The van der Waals surface area contributed by atoms with Crippen molar-refractivity contribution in [3.8, 4) is 5.75 Å². The van der Waals surface area contributed by atoms with E-state index in [-0.39, 0.29) is 41.8 Å². The van der Waals surface area contributed by atoms with Gasteiger partial charge in [0.15, 0.2) is 11.4 Å². The number of phenols is 1. The molecule has 0 spiro atoms. The van der Waals surface area contributed by atoms with Gasteiger partial charge in [-0.3, -0.25) is 14.4 Å². The summed E-state index contributed by atoms with van der Waals surface area (Å²) < 4.78 is 0. The molecule has 3 aliphatic rings. The minimum Gasteiger partial charge on any atom is -0.508 e. The summed E-state index contributed by atoms with van der Waals surface area (Å²) in [7, 11) is 0. The fraction of sp³-hybridized carbons (Fsp3) is 0.381. The zero-order valence-corrected chi connectivity index (χ0v) is 16.2. The number of aliphatic hydroxyl groups is 3. The molecule has 1 aromatic carbocycles. The normalized spacial score (nSPS) is 28.2. The minimum absolute atomic E-state index is 0.0268. The standard InChI is InChI=1S/C21H22N2O7/c1-2-7-5-11(22)16(25)14-10(7)4-8-3-9-6-12(24)15(20(23)29)19(28)21(9,30)18(27)13(8)17(14)26/h5,8-9,25-26,28,30H,2-4,6,22H2,1H3,(H2,23,29)/t8-,9+,21+/m1/s1. The maximum atomic E-state index is 13.3. The maximum Gasteiger partial charge on any atom is 0.255 e. The Morgan fingerprint density at radius 3 is 2.50 bits per heavy atom. The zero-order chi connectivity index (χ0) is 22.1. The van der Waals surface area contributed by atoms with E-state index in [1.807, 2.05) is 6.92 Å². The van der Waals surface area contributed by atoms with Crippen molar-refractivity contribution < 1.29 is 34.8 Å². The molecule has 30 heavy (non-hydrogen) atoms. The molecule has 9 nitrogen and oxygen atoms in total. The number of amides is 1. The Labute approximate surface area is 171 Å². The number of nitrogen functional groups attached to an aromatic ring is 1. The maximum absolute atomic E-state index is 13.3. The molecule has 1 saturated carbocycles. The summed E-state index contributed by atoms with van der Waals surface area (Å²) in [5.41, 5.74) is 8.99. The number of aromatic hydroxyl groups is 1. The topological polar surface area (TPSA) is 184 Å². The van der Waals surface area contributed by atoms with Crippen LogP contribution in [0.25, 0.3) is 5.76 Å². The largest absolute Gasteiger partial charge is 0.508 e. The Morgan fingerprint density at radius 1 is 1.23 bits per heavy atom. The van der Waals surface area contributed by atoms with E-state index in [9.17, 15) is 34.8 Å². The SMILES string of the molecule is CCc1cc(N)c(O)c2c1C[C@H]1C[C@H]3CC(=O)C(C(N)=O)=C(O)[C@@]3(O)C(=O)C1=C2O. The Balaban J connectivity index is 1.96. The molecular formula is C21H22N2O7. The van der Waals surface area contributed by atoms with E-state index in [2.05, 4.69) is 0 Å². The molecule has 0 aromatic heterocycles. The molecule has 0 heterocycles. The molecule has 0 aliphatic heterocycles. The number of Topliss-reactive ketones (excluding diaryl/α,β-unsaturated/α-hetero) is 2. The predicted octanol–water partition coefficient (Wildman–Crippen LogP) is 0.568. The van der Waals surface area contributed by atoms with Gasteiger partial charge >= 0.3 is 0 Å². The lowest BCUT2D eigenvalue weighted by molar-refractivity contribution is -0.147. The van der Waals surface area contributed by atoms with Crippen LogP contribution in [-0.2, 0) is 27.2 Å². The number of phenolic OH excluding ortho intramolecular Hbond substituents is 1. The van der Waals surface area contributed by atoms with Gasteiger partial charge in [-0.25, -0.2) is 0 Å². The summed E-state index contributed by atoms with van der Waals surface area (Å²) >= 11 is 0. The van der Waals surface area contributed by atoms with E-state index in [4.69, 9.17) is 11.5 Å². The number of aliphatic hydroxyl groups excluding tert-OH is 2. The van der Waals surface area contributed by atoms with Crippen LogP contribution < -0.4 is 11.5 Å². The van der Waals surface area contributed by atoms with Gasteiger partial charge in [0.2, 0.25) is 5.78 Å². The van der Waals surface area contributed by atoms with Crippen LogP contribution in [0, 0.1) is 11.8 Å². The Hall–Kier alpha value is -3.33. The third-order valence-corrected chi connectivity index (χ3v) is 6.57. The van der Waals surface area contributed by atoms with Gasteiger partial charge in [0.25, 0.3) is 5.91 Å². The second kappa shape index (κ2) is 6.33. The van der Waals surface area contributed by atoms with E-state index in [1.165, 1.54) is 0 Å². The van der Waals surface area contributed by atoms with Gasteiger partial charge < -0.3 is 31.9 Å². The second-order valence-electron chi connectivity index (χ2n) is 8.09. The number of nitrogens with two attached hydrogens (primary N) is 2. The average molecular weight is 414 g/mol. The van der Waals surface area contributed by atoms with Crippen molar-refractivity contribution in [1.82, 2.24) is 0 Å². The van der Waals surface area contributed by atoms with Crippen LogP contribution in [0.15, 0.2) is 23.0 Å². The third-order valence-electron chi connectivity index (χ3n) is 6.57. The molecule has 3 aliphatic carbocycles. The summed E-state index contributed by atoms with van der Waals surface area (Å²) in [6.45, 7) is 1.89. The molecule has 0 radical (unpaired) electrons. The summed E-state index contributed by atoms with van der Waals surface area (Å²) in [5.74, 6) is -6.51. The van der Waals surface area contributed by atoms with Gasteiger partial charge in [-0.05, 0) is 42.4 Å². The first-order valence-electron chi connectivity index (χ1n) is 9.64. The highest BCUT2D eigenvalue weighted by Gasteiger charge is 2.60. The van der Waals surface area contributed by atoms with Crippen LogP contribution in [-0.4, -0.2) is 43.5 Å². The number of anilines is 1. The Morgan fingerprint density at radius 2 is 1.90 bits per heavy atom. The summed E-state index contributed by atoms with van der Waals surface area (Å²) in [5, 5.41) is 43.0. The van der Waals surface area contributed by atoms with Crippen LogP contribution in [0.4, 0.5) is 5.69 Å². The number of fused-ring (bicyclic) bond motifs is 3. The van der Waals surface area contributed by atoms with Crippen LogP contribution in [0.5, 0.6) is 5.75 Å². The molecule has 1 fully saturated rings. The molecule has 0 bridgehead atoms. The molecule has 4 rings (SSSR count). The first-order chi connectivity index (χ1) is 14.0. The highest BCUT2D eigenvalue weighted by molar-refractivity contribution is 6.22. The third kappa shape index (κ3) is 2.35. The van der Waals surface area contributed by atoms with Crippen molar-refractivity contribution in [2.75, 3.05) is 5.73 Å². The minimum atomic E-state index is -2.56. The number of benzene rings is 1. The summed E-state index contributed by atoms with van der Waals surface area (Å²) in [4.78, 5) is 37.3. The number of carbonyl (C=O) groups is 3. The van der Waals surface area contributed by atoms with E-state index in [0.29, 0.717) is 12.0 Å². The van der Waals surface area contributed by atoms with Gasteiger partial charge in [0, 0.05) is 17.9 Å². The van der Waals surface area contributed by atoms with E-state index in [0.717, 1.165) is 5.56 Å². The average Bonchev–Trinajstić information content (AvgIpc) is 2.67. The summed E-state index contributed by atoms with van der Waals surface area (Å²) in [6, 6.07) is 1.62. The van der Waals surface area contributed by atoms with Crippen LogP contribution in [0.1, 0.15) is 36.5 Å². The second-order valence-corrected chi connectivity index (χ2v) is 8.09. The fourth-order valence-corrected chi connectivity index (χ4v) is 5.10. The number of aryl methyl sites for hydroxylation is 1. The number of primary amides is 1. The van der Waals surface area contributed by atoms with Gasteiger partial charge in [0.05, 0.1) is 11.3 Å². The van der Waals surface area contributed by atoms with Crippen molar-refractivity contribution in [2.45, 2.75) is 38.2 Å². The van der Waals surface area contributed by atoms with E-state index < -0.39 is 52.0 Å². The van der Waals surface area contributed by atoms with Crippen molar-refractivity contribution in [3.05, 3.63) is 39.7 Å². The van der Waals surface area contributed by atoms with Crippen LogP contribution >= 0.6 is 0 Å². The highest BCUT2D eigenvalue weighted by atomic mass is 16.3. The lowest BCUT2D eigenvalue weighted by atomic mass is 9.59. The number of rotatable bonds is 2. The summed E-state index contributed by atoms with van der Waals surface area (Å²) in [6.07, 6.45) is 0.631. The Bertz CT molecular complexity index is 1100. The lowest BCUT2D eigenvalue weighted by Crippen LogP contribution is -2.58. The van der Waals surface area contributed by atoms with Gasteiger partial charge in [-0.1, -0.05) is 6.92 Å². The highest BCUT2D eigenvalue weighted by Crippen LogP contribution is 2.52. The van der Waals surface area contributed by atoms with E-state index in [1.54, 1.807) is 6.07 Å². The molecule has 8 N–H and O–H groups in total. The van der Waals surface area contributed by atoms with Crippen LogP contribution in [0.3, 0.4) is 0 Å². The fourth-order valence-electron chi connectivity index (χ4n) is 5.10. The van der Waals surface area contributed by atoms with Gasteiger partial charge in [-0.2, -0.15) is 0 Å². The molecule has 1 amide bonds. The molecule has 1 aromatic rings. The van der Waals surface area contributed by atoms with Crippen LogP contribution in [0.2, 0.25) is 0 Å². The Kier molecular flexibility index (Phi) is 4.21. The number of ketones is 2. The monoisotopic (exact) mass is 414 g/mol. The van der Waals surface area contributed by atoms with Crippen molar-refractivity contribution in [2.24, 2.45) is 17.6 Å². The first kappa shape index (κ1) is 20.0. The number of carbonyl (C=O) groups excluding carboxylic acids is 3. The molecule has 0 unspecified atom stereocenters. The smallest absolute Gasteiger partial charge is 0.255 e. The van der Waals surface area contributed by atoms with Gasteiger partial charge in [0.1, 0.15) is 22.8 Å². The van der Waals surface area contributed by atoms with Crippen molar-refractivity contribution in [3.63, 3.8) is 0 Å². The van der Waals surface area contributed by atoms with Crippen molar-refractivity contribution in [1.29, 1.82) is 0 Å². The lowest BCUT2D eigenvalue weighted by Gasteiger charge is -2.46.